The predicted molar refractivity (Wildman–Crippen MR) is 152 cm³/mol. The lowest BCUT2D eigenvalue weighted by Crippen LogP contribution is -2.51. The number of fused-ring (bicyclic) bond motifs is 2. The molecule has 0 aliphatic carbocycles. The number of pyridine rings is 1. The number of nitrogens with one attached hydrogen (secondary N) is 2. The third kappa shape index (κ3) is 5.31. The van der Waals surface area contributed by atoms with E-state index in [1.54, 1.807) is 0 Å². The number of rotatable bonds is 6. The maximum atomic E-state index is 15.2. The number of piperidine rings is 1. The fraction of sp³-hybridized carbons (Fsp3) is 0.643. The molecule has 222 valence electrons. The van der Waals surface area contributed by atoms with E-state index < -0.39 is 17.4 Å². The minimum atomic E-state index is -1.48. The first kappa shape index (κ1) is 27.7. The first-order valence-corrected chi connectivity index (χ1v) is 14.8. The Morgan fingerprint density at radius 1 is 1.20 bits per heavy atom. The van der Waals surface area contributed by atoms with E-state index in [1.165, 1.54) is 30.1 Å². The van der Waals surface area contributed by atoms with E-state index in [-0.39, 0.29) is 47.7 Å². The molecule has 4 aliphatic heterocycles. The van der Waals surface area contributed by atoms with Crippen molar-refractivity contribution in [1.29, 1.82) is 0 Å². The number of hydrogen-bond acceptors (Lipinski definition) is 8. The lowest BCUT2D eigenvalue weighted by Gasteiger charge is -2.38. The summed E-state index contributed by atoms with van der Waals surface area (Å²) >= 11 is 0. The first-order valence-electron chi connectivity index (χ1n) is 14.8. The normalized spacial score (nSPS) is 26.3. The van der Waals surface area contributed by atoms with Crippen LogP contribution in [0.5, 0.6) is 0 Å². The molecule has 3 unspecified atom stereocenters. The van der Waals surface area contributed by atoms with Crippen molar-refractivity contribution in [3.63, 3.8) is 0 Å². The SMILES string of the molecule is CCCC1(F)CNc2c(C(=O)Nc3cncc(F)c3N3CCN(C(=O)C4CC5CCCCN5C4)CC3)c(N)nn2C1. The van der Waals surface area contributed by atoms with Gasteiger partial charge in [0.15, 0.2) is 11.6 Å². The molecule has 11 nitrogen and oxygen atoms in total. The van der Waals surface area contributed by atoms with E-state index in [0.717, 1.165) is 25.7 Å². The second kappa shape index (κ2) is 11.1. The molecular weight excluding hydrogens is 532 g/mol. The molecule has 0 radical (unpaired) electrons. The van der Waals surface area contributed by atoms with E-state index in [4.69, 9.17) is 5.73 Å². The highest BCUT2D eigenvalue weighted by molar-refractivity contribution is 6.12. The minimum absolute atomic E-state index is 0.00400. The largest absolute Gasteiger partial charge is 0.381 e. The smallest absolute Gasteiger partial charge is 0.263 e. The zero-order valence-electron chi connectivity index (χ0n) is 23.5. The monoisotopic (exact) mass is 571 g/mol. The van der Waals surface area contributed by atoms with Gasteiger partial charge in [-0.25, -0.2) is 13.5 Å². The quantitative estimate of drug-likeness (QED) is 0.484. The lowest BCUT2D eigenvalue weighted by atomic mass is 9.98. The molecular formula is C28H39F2N9O2. The fourth-order valence-corrected chi connectivity index (χ4v) is 7.05. The van der Waals surface area contributed by atoms with Gasteiger partial charge in [0.1, 0.15) is 22.7 Å². The second-order valence-electron chi connectivity index (χ2n) is 11.9. The van der Waals surface area contributed by atoms with Gasteiger partial charge in [0, 0.05) is 38.8 Å². The Bertz CT molecular complexity index is 1300. The van der Waals surface area contributed by atoms with Gasteiger partial charge in [0.25, 0.3) is 5.91 Å². The number of carbonyl (C=O) groups is 2. The number of aromatic nitrogens is 3. The molecule has 13 heteroatoms. The molecule has 4 N–H and O–H groups in total. The number of halogens is 2. The molecule has 0 saturated carbocycles. The van der Waals surface area contributed by atoms with E-state index in [0.29, 0.717) is 50.9 Å². The Hall–Kier alpha value is -3.48. The van der Waals surface area contributed by atoms with Crippen molar-refractivity contribution in [3.8, 4) is 0 Å². The fourth-order valence-electron chi connectivity index (χ4n) is 7.05. The summed E-state index contributed by atoms with van der Waals surface area (Å²) < 4.78 is 31.7. The number of nitrogen functional groups attached to an aromatic ring is 1. The van der Waals surface area contributed by atoms with Crippen LogP contribution in [0.1, 0.15) is 55.8 Å². The first-order chi connectivity index (χ1) is 19.8. The van der Waals surface area contributed by atoms with Gasteiger partial charge in [-0.15, -0.1) is 0 Å². The molecule has 3 atom stereocenters. The molecule has 2 amide bonds. The van der Waals surface area contributed by atoms with Crippen LogP contribution in [-0.2, 0) is 11.3 Å². The molecule has 6 heterocycles. The summed E-state index contributed by atoms with van der Waals surface area (Å²) in [5.74, 6) is -0.633. The predicted octanol–water partition coefficient (Wildman–Crippen LogP) is 2.71. The zero-order chi connectivity index (χ0) is 28.7. The average Bonchev–Trinajstić information content (AvgIpc) is 3.53. The number of hydrogen-bond donors (Lipinski definition) is 3. The van der Waals surface area contributed by atoms with Crippen molar-refractivity contribution in [3.05, 3.63) is 23.8 Å². The van der Waals surface area contributed by atoms with Crippen LogP contribution in [-0.4, -0.2) is 93.9 Å². The van der Waals surface area contributed by atoms with E-state index >= 15 is 8.78 Å². The highest BCUT2D eigenvalue weighted by Crippen LogP contribution is 2.35. The van der Waals surface area contributed by atoms with Gasteiger partial charge < -0.3 is 26.2 Å². The highest BCUT2D eigenvalue weighted by atomic mass is 19.1. The number of nitrogens with zero attached hydrogens (tertiary/aromatic N) is 6. The summed E-state index contributed by atoms with van der Waals surface area (Å²) in [7, 11) is 0. The molecule has 2 aromatic heterocycles. The van der Waals surface area contributed by atoms with Crippen LogP contribution < -0.4 is 21.3 Å². The number of piperazine rings is 1. The van der Waals surface area contributed by atoms with Crippen molar-refractivity contribution in [1.82, 2.24) is 24.6 Å². The van der Waals surface area contributed by atoms with Crippen molar-refractivity contribution in [2.24, 2.45) is 5.92 Å². The van der Waals surface area contributed by atoms with E-state index in [1.807, 2.05) is 16.7 Å². The molecule has 6 rings (SSSR count). The molecule has 41 heavy (non-hydrogen) atoms. The summed E-state index contributed by atoms with van der Waals surface area (Å²) in [6, 6.07) is 0.526. The third-order valence-electron chi connectivity index (χ3n) is 9.05. The van der Waals surface area contributed by atoms with Crippen LogP contribution in [0.4, 0.5) is 31.8 Å². The molecule has 0 bridgehead atoms. The van der Waals surface area contributed by atoms with Crippen LogP contribution >= 0.6 is 0 Å². The van der Waals surface area contributed by atoms with Gasteiger partial charge in [-0.05, 0) is 32.2 Å². The van der Waals surface area contributed by atoms with E-state index in [2.05, 4.69) is 25.6 Å². The number of amides is 2. The standard InChI is InChI=1S/C28H39F2N9O2/c1-2-6-28(30)16-33-25-22(24(31)35-39(25)17-28)26(40)34-21-14-32-13-20(29)23(21)36-8-10-37(11-9-36)27(41)18-12-19-5-3-4-7-38(19)15-18/h13-14,18-19,33H,2-12,15-17H2,1H3,(H2,31,35)(H,34,40). The number of anilines is 4. The van der Waals surface area contributed by atoms with Crippen molar-refractivity contribution in [2.75, 3.05) is 67.1 Å². The van der Waals surface area contributed by atoms with Gasteiger partial charge in [-0.3, -0.25) is 19.5 Å². The number of carbonyl (C=O) groups excluding carboxylic acids is 2. The third-order valence-corrected chi connectivity index (χ3v) is 9.05. The average molecular weight is 572 g/mol. The summed E-state index contributed by atoms with van der Waals surface area (Å²) in [6.07, 6.45) is 8.09. The summed E-state index contributed by atoms with van der Waals surface area (Å²) in [5, 5.41) is 9.93. The topological polar surface area (TPSA) is 125 Å². The summed E-state index contributed by atoms with van der Waals surface area (Å²) in [6.45, 7) is 5.68. The minimum Gasteiger partial charge on any atom is -0.381 e. The Balaban J connectivity index is 1.13. The molecule has 4 aliphatic rings. The van der Waals surface area contributed by atoms with Crippen LogP contribution in [0.25, 0.3) is 0 Å². The van der Waals surface area contributed by atoms with Crippen LogP contribution in [0.15, 0.2) is 12.4 Å². The lowest BCUT2D eigenvalue weighted by molar-refractivity contribution is -0.135. The molecule has 3 saturated heterocycles. The van der Waals surface area contributed by atoms with Gasteiger partial charge in [-0.1, -0.05) is 19.8 Å². The Labute approximate surface area is 238 Å². The van der Waals surface area contributed by atoms with Crippen LogP contribution in [0.2, 0.25) is 0 Å². The van der Waals surface area contributed by atoms with Crippen molar-refractivity contribution < 1.29 is 18.4 Å². The van der Waals surface area contributed by atoms with Gasteiger partial charge >= 0.3 is 0 Å². The Kier molecular flexibility index (Phi) is 7.47. The van der Waals surface area contributed by atoms with Gasteiger partial charge in [0.2, 0.25) is 5.91 Å². The number of nitrogens with two attached hydrogens (primary N) is 1. The second-order valence-corrected chi connectivity index (χ2v) is 11.9. The summed E-state index contributed by atoms with van der Waals surface area (Å²) in [5.41, 5.74) is 5.11. The van der Waals surface area contributed by atoms with Crippen molar-refractivity contribution in [2.45, 2.75) is 63.7 Å². The van der Waals surface area contributed by atoms with Crippen LogP contribution in [0.3, 0.4) is 0 Å². The number of alkyl halides is 1. The molecule has 0 spiro atoms. The molecule has 2 aromatic rings. The maximum Gasteiger partial charge on any atom is 0.263 e. The summed E-state index contributed by atoms with van der Waals surface area (Å²) in [4.78, 5) is 36.9. The van der Waals surface area contributed by atoms with Gasteiger partial charge in [-0.2, -0.15) is 5.10 Å². The molecule has 0 aromatic carbocycles. The van der Waals surface area contributed by atoms with Crippen molar-refractivity contribution >= 4 is 34.8 Å². The Morgan fingerprint density at radius 2 is 2.00 bits per heavy atom. The highest BCUT2D eigenvalue weighted by Gasteiger charge is 2.40. The van der Waals surface area contributed by atoms with Crippen LogP contribution in [0, 0.1) is 11.7 Å². The van der Waals surface area contributed by atoms with Gasteiger partial charge in [0.05, 0.1) is 37.1 Å². The zero-order valence-corrected chi connectivity index (χ0v) is 23.5. The molecule has 3 fully saturated rings. The van der Waals surface area contributed by atoms with E-state index in [9.17, 15) is 9.59 Å². The Morgan fingerprint density at radius 3 is 2.76 bits per heavy atom. The maximum absolute atomic E-state index is 15.2.